The number of hydrogen-bond donors (Lipinski definition) is 2. The van der Waals surface area contributed by atoms with E-state index in [-0.39, 0.29) is 16.7 Å². The van der Waals surface area contributed by atoms with Crippen molar-refractivity contribution in [1.82, 2.24) is 0 Å². The SMILES string of the molecule is O=C(Nc1ccc(NS(=O)(=O)c2ccc3c(c2)OCCCO3)cc1)C1CC=CCC1. The summed E-state index contributed by atoms with van der Waals surface area (Å²) >= 11 is 0. The third-order valence-corrected chi connectivity index (χ3v) is 6.45. The van der Waals surface area contributed by atoms with Gasteiger partial charge in [0.05, 0.1) is 18.1 Å². The van der Waals surface area contributed by atoms with Gasteiger partial charge in [-0.2, -0.15) is 0 Å². The third kappa shape index (κ3) is 4.76. The zero-order valence-corrected chi connectivity index (χ0v) is 17.3. The van der Waals surface area contributed by atoms with Crippen molar-refractivity contribution in [3.63, 3.8) is 0 Å². The fourth-order valence-corrected chi connectivity index (χ4v) is 4.50. The molecule has 0 radical (unpaired) electrons. The van der Waals surface area contributed by atoms with E-state index in [1.807, 2.05) is 6.08 Å². The molecule has 2 N–H and O–H groups in total. The lowest BCUT2D eigenvalue weighted by atomic mass is 9.93. The highest BCUT2D eigenvalue weighted by Gasteiger charge is 2.20. The second-order valence-electron chi connectivity index (χ2n) is 7.31. The van der Waals surface area contributed by atoms with Gasteiger partial charge in [-0.05, 0) is 55.7 Å². The summed E-state index contributed by atoms with van der Waals surface area (Å²) in [6.45, 7) is 1.02. The van der Waals surface area contributed by atoms with E-state index >= 15 is 0 Å². The van der Waals surface area contributed by atoms with Crippen LogP contribution in [0.15, 0.2) is 59.5 Å². The Morgan fingerprint density at radius 2 is 1.67 bits per heavy atom. The Kier molecular flexibility index (Phi) is 5.94. The molecular formula is C22H24N2O5S. The first-order chi connectivity index (χ1) is 14.5. The lowest BCUT2D eigenvalue weighted by Crippen LogP contribution is -2.23. The fraction of sp³-hybridized carbons (Fsp3) is 0.318. The number of hydrogen-bond acceptors (Lipinski definition) is 5. The van der Waals surface area contributed by atoms with Gasteiger partial charge in [0, 0.05) is 29.8 Å². The van der Waals surface area contributed by atoms with E-state index < -0.39 is 10.0 Å². The van der Waals surface area contributed by atoms with E-state index in [0.717, 1.165) is 25.7 Å². The van der Waals surface area contributed by atoms with Crippen LogP contribution in [0.2, 0.25) is 0 Å². The van der Waals surface area contributed by atoms with Crippen molar-refractivity contribution in [1.29, 1.82) is 0 Å². The number of rotatable bonds is 5. The Morgan fingerprint density at radius 3 is 2.40 bits per heavy atom. The first kappa shape index (κ1) is 20.3. The van der Waals surface area contributed by atoms with Crippen molar-refractivity contribution in [2.24, 2.45) is 5.92 Å². The molecule has 0 bridgehead atoms. The predicted octanol–water partition coefficient (Wildman–Crippen LogP) is 3.94. The van der Waals surface area contributed by atoms with Gasteiger partial charge in [0.15, 0.2) is 11.5 Å². The number of anilines is 2. The summed E-state index contributed by atoms with van der Waals surface area (Å²) in [5, 5.41) is 2.89. The Hall–Kier alpha value is -3.00. The number of allylic oxidation sites excluding steroid dienone is 2. The molecule has 1 aliphatic heterocycles. The molecule has 8 heteroatoms. The van der Waals surface area contributed by atoms with Crippen LogP contribution in [0.1, 0.15) is 25.7 Å². The van der Waals surface area contributed by atoms with Crippen LogP contribution in [0.25, 0.3) is 0 Å². The maximum atomic E-state index is 12.8. The number of sulfonamides is 1. The van der Waals surface area contributed by atoms with Gasteiger partial charge in [0.2, 0.25) is 5.91 Å². The summed E-state index contributed by atoms with van der Waals surface area (Å²) in [7, 11) is -3.79. The largest absolute Gasteiger partial charge is 0.490 e. The molecule has 0 spiro atoms. The van der Waals surface area contributed by atoms with Crippen LogP contribution in [0.3, 0.4) is 0 Å². The second-order valence-corrected chi connectivity index (χ2v) is 8.99. The Labute approximate surface area is 176 Å². The molecule has 2 aliphatic rings. The Morgan fingerprint density at radius 1 is 0.933 bits per heavy atom. The van der Waals surface area contributed by atoms with Gasteiger partial charge in [0.1, 0.15) is 0 Å². The first-order valence-corrected chi connectivity index (χ1v) is 11.5. The van der Waals surface area contributed by atoms with Crippen molar-refractivity contribution >= 4 is 27.3 Å². The molecule has 1 unspecified atom stereocenters. The van der Waals surface area contributed by atoms with E-state index in [1.54, 1.807) is 30.3 Å². The zero-order valence-electron chi connectivity index (χ0n) is 16.5. The number of benzene rings is 2. The van der Waals surface area contributed by atoms with Crippen LogP contribution in [-0.2, 0) is 14.8 Å². The van der Waals surface area contributed by atoms with Crippen molar-refractivity contribution in [3.05, 3.63) is 54.6 Å². The molecule has 1 atom stereocenters. The quantitative estimate of drug-likeness (QED) is 0.704. The van der Waals surface area contributed by atoms with Crippen molar-refractivity contribution < 1.29 is 22.7 Å². The van der Waals surface area contributed by atoms with Crippen molar-refractivity contribution in [2.45, 2.75) is 30.6 Å². The van der Waals surface area contributed by atoms with Crippen LogP contribution in [0, 0.1) is 5.92 Å². The minimum atomic E-state index is -3.79. The maximum Gasteiger partial charge on any atom is 0.262 e. The predicted molar refractivity (Wildman–Crippen MR) is 114 cm³/mol. The molecule has 30 heavy (non-hydrogen) atoms. The smallest absolute Gasteiger partial charge is 0.262 e. The number of carbonyl (C=O) groups is 1. The Bertz CT molecular complexity index is 1050. The molecule has 158 valence electrons. The average molecular weight is 429 g/mol. The summed E-state index contributed by atoms with van der Waals surface area (Å²) in [6.07, 6.45) is 7.38. The molecule has 1 aliphatic carbocycles. The second kappa shape index (κ2) is 8.79. The van der Waals surface area contributed by atoms with E-state index in [0.29, 0.717) is 36.1 Å². The van der Waals surface area contributed by atoms with Gasteiger partial charge in [-0.3, -0.25) is 9.52 Å². The molecule has 0 saturated carbocycles. The lowest BCUT2D eigenvalue weighted by Gasteiger charge is -2.17. The van der Waals surface area contributed by atoms with Crippen LogP contribution < -0.4 is 19.5 Å². The normalized spacial score (nSPS) is 18.3. The third-order valence-electron chi connectivity index (χ3n) is 5.07. The average Bonchev–Trinajstić information content (AvgIpc) is 3.00. The van der Waals surface area contributed by atoms with E-state index in [4.69, 9.17) is 9.47 Å². The number of amides is 1. The highest BCUT2D eigenvalue weighted by Crippen LogP contribution is 2.32. The van der Waals surface area contributed by atoms with Gasteiger partial charge >= 0.3 is 0 Å². The molecule has 0 fully saturated rings. The number of ether oxygens (including phenoxy) is 2. The standard InChI is InChI=1S/C22H24N2O5S/c25-22(16-5-2-1-3-6-16)23-17-7-9-18(10-8-17)24-30(26,27)19-11-12-20-21(15-19)29-14-4-13-28-20/h1-2,7-12,15-16,24H,3-6,13-14H2,(H,23,25). The molecular weight excluding hydrogens is 404 g/mol. The highest BCUT2D eigenvalue weighted by molar-refractivity contribution is 7.92. The van der Waals surface area contributed by atoms with E-state index in [2.05, 4.69) is 16.1 Å². The van der Waals surface area contributed by atoms with Gasteiger partial charge in [-0.25, -0.2) is 8.42 Å². The van der Waals surface area contributed by atoms with Crippen LogP contribution in [0.4, 0.5) is 11.4 Å². The minimum absolute atomic E-state index is 0.0140. The maximum absolute atomic E-state index is 12.8. The molecule has 1 heterocycles. The number of nitrogens with one attached hydrogen (secondary N) is 2. The van der Waals surface area contributed by atoms with E-state index in [9.17, 15) is 13.2 Å². The fourth-order valence-electron chi connectivity index (χ4n) is 3.42. The summed E-state index contributed by atoms with van der Waals surface area (Å²) in [6, 6.07) is 11.2. The molecule has 4 rings (SSSR count). The minimum Gasteiger partial charge on any atom is -0.490 e. The van der Waals surface area contributed by atoms with Crippen molar-refractivity contribution in [3.8, 4) is 11.5 Å². The van der Waals surface area contributed by atoms with Gasteiger partial charge in [0.25, 0.3) is 10.0 Å². The molecule has 2 aromatic carbocycles. The number of fused-ring (bicyclic) bond motifs is 1. The van der Waals surface area contributed by atoms with E-state index in [1.165, 1.54) is 12.1 Å². The van der Waals surface area contributed by atoms with Crippen LogP contribution in [0.5, 0.6) is 11.5 Å². The molecule has 1 amide bonds. The topological polar surface area (TPSA) is 93.7 Å². The number of carbonyl (C=O) groups excluding carboxylic acids is 1. The first-order valence-electron chi connectivity index (χ1n) is 10.00. The van der Waals surface area contributed by atoms with Gasteiger partial charge in [-0.1, -0.05) is 12.2 Å². The molecule has 7 nitrogen and oxygen atoms in total. The Balaban J connectivity index is 1.43. The summed E-state index contributed by atoms with van der Waals surface area (Å²) in [5.74, 6) is 0.929. The van der Waals surface area contributed by atoms with Crippen LogP contribution in [-0.4, -0.2) is 27.5 Å². The summed E-state index contributed by atoms with van der Waals surface area (Å²) in [4.78, 5) is 12.4. The molecule has 0 aromatic heterocycles. The van der Waals surface area contributed by atoms with Gasteiger partial charge in [-0.15, -0.1) is 0 Å². The lowest BCUT2D eigenvalue weighted by molar-refractivity contribution is -0.120. The zero-order chi connectivity index (χ0) is 21.0. The summed E-state index contributed by atoms with van der Waals surface area (Å²) in [5.41, 5.74) is 1.04. The van der Waals surface area contributed by atoms with Crippen LogP contribution >= 0.6 is 0 Å². The molecule has 2 aromatic rings. The summed E-state index contributed by atoms with van der Waals surface area (Å²) < 4.78 is 39.2. The highest BCUT2D eigenvalue weighted by atomic mass is 32.2. The van der Waals surface area contributed by atoms with Gasteiger partial charge < -0.3 is 14.8 Å². The van der Waals surface area contributed by atoms with Crippen molar-refractivity contribution in [2.75, 3.05) is 23.3 Å². The monoisotopic (exact) mass is 428 g/mol. The molecule has 0 saturated heterocycles.